The first kappa shape index (κ1) is 34.3. The number of hydrogen-bond acceptors (Lipinski definition) is 10. The number of alkyl carbamates (subject to hydrolysis) is 1. The molecule has 13 heteroatoms. The van der Waals surface area contributed by atoms with Crippen LogP contribution in [-0.4, -0.2) is 81.7 Å². The Morgan fingerprint density at radius 3 is 2.71 bits per heavy atom. The topological polar surface area (TPSA) is 149 Å². The van der Waals surface area contributed by atoms with Gasteiger partial charge < -0.3 is 29.7 Å². The van der Waals surface area contributed by atoms with E-state index < -0.39 is 53.2 Å². The maximum Gasteiger partial charge on any atom is 0.408 e. The maximum absolute atomic E-state index is 14.4. The molecule has 1 unspecified atom stereocenters. The number of rotatable bonds is 5. The summed E-state index contributed by atoms with van der Waals surface area (Å²) in [6, 6.07) is 7.45. The van der Waals surface area contributed by atoms with Gasteiger partial charge in [0.15, 0.2) is 0 Å². The van der Waals surface area contributed by atoms with E-state index in [1.54, 1.807) is 27.0 Å². The van der Waals surface area contributed by atoms with Gasteiger partial charge in [-0.2, -0.15) is 0 Å². The van der Waals surface area contributed by atoms with Gasteiger partial charge in [0.1, 0.15) is 35.1 Å². The number of pyridine rings is 2. The fourth-order valence-corrected chi connectivity index (χ4v) is 7.40. The molecule has 5 heterocycles. The maximum atomic E-state index is 14.4. The number of carbonyl (C=O) groups excluding carboxylic acids is 4. The van der Waals surface area contributed by atoms with Crippen LogP contribution in [0.4, 0.5) is 4.79 Å². The zero-order chi connectivity index (χ0) is 34.8. The smallest absolute Gasteiger partial charge is 0.408 e. The molecular formula is C36H43N5O7S. The molecule has 2 fully saturated rings. The zero-order valence-electron chi connectivity index (χ0n) is 28.3. The lowest BCUT2D eigenvalue weighted by atomic mass is 10.0. The largest absolute Gasteiger partial charge is 0.487 e. The van der Waals surface area contributed by atoms with Crippen molar-refractivity contribution >= 4 is 45.4 Å². The van der Waals surface area contributed by atoms with Crippen LogP contribution >= 0.6 is 11.3 Å². The molecule has 0 spiro atoms. The summed E-state index contributed by atoms with van der Waals surface area (Å²) in [6.07, 6.45) is 8.57. The third-order valence-electron chi connectivity index (χ3n) is 9.08. The highest BCUT2D eigenvalue weighted by Gasteiger charge is 2.62. The number of nitrogens with one attached hydrogen (secondary N) is 2. The van der Waals surface area contributed by atoms with Gasteiger partial charge in [-0.3, -0.25) is 14.6 Å². The van der Waals surface area contributed by atoms with Gasteiger partial charge in [0.05, 0.1) is 35.3 Å². The highest BCUT2D eigenvalue weighted by atomic mass is 32.1. The summed E-state index contributed by atoms with van der Waals surface area (Å²) in [5.74, 6) is -1.04. The number of methoxy groups -OCH3 is 1. The molecule has 3 aromatic rings. The number of allylic oxidation sites excluding steroid dienone is 1. The SMILES string of the molecule is COC(=O)[C@@]12C[C@H]1/C=C\CCCCCC(NC(=O)OC(C)(C)C)C(=O)N1C[C@H](Oc3cc(-c4ccccn4)nc4ccsc34)C[C@H]1C(=O)N2. The van der Waals surface area contributed by atoms with Gasteiger partial charge in [0, 0.05) is 24.6 Å². The van der Waals surface area contributed by atoms with Crippen molar-refractivity contribution in [3.8, 4) is 17.1 Å². The van der Waals surface area contributed by atoms with Gasteiger partial charge in [-0.15, -0.1) is 11.3 Å². The second kappa shape index (κ2) is 14.1. The van der Waals surface area contributed by atoms with Crippen LogP contribution in [0.2, 0.25) is 0 Å². The zero-order valence-corrected chi connectivity index (χ0v) is 29.1. The molecule has 0 bridgehead atoms. The number of aromatic nitrogens is 2. The van der Waals surface area contributed by atoms with E-state index in [0.717, 1.165) is 29.5 Å². The normalized spacial score (nSPS) is 26.7. The molecule has 3 aliphatic rings. The van der Waals surface area contributed by atoms with Crippen LogP contribution < -0.4 is 15.4 Å². The van der Waals surface area contributed by atoms with Crippen molar-refractivity contribution in [2.45, 2.75) is 95.0 Å². The predicted octanol–water partition coefficient (Wildman–Crippen LogP) is 5.17. The number of ether oxygens (including phenoxy) is 3. The van der Waals surface area contributed by atoms with E-state index in [-0.39, 0.29) is 18.9 Å². The standard InChI is InChI=1S/C36H43N5O7S/c1-35(2,3)48-34(45)39-26-14-9-7-5-6-8-12-22-20-36(22,33(44)46-4)40-31(42)28-18-23(21-41(28)32(26)43)47-29-19-27(24-13-10-11-16-37-24)38-25-15-17-49-30(25)29/h8,10-13,15-17,19,22-23,26,28H,5-7,9,14,18,20-21H2,1-4H3,(H,39,45)(H,40,42)/b12-8-/t22-,23-,26?,28+,36-/m1/s1. The number of amides is 3. The molecule has 1 saturated heterocycles. The van der Waals surface area contributed by atoms with Gasteiger partial charge in [0.25, 0.3) is 0 Å². The van der Waals surface area contributed by atoms with E-state index in [1.165, 1.54) is 23.3 Å². The molecule has 12 nitrogen and oxygen atoms in total. The van der Waals surface area contributed by atoms with Crippen molar-refractivity contribution in [2.75, 3.05) is 13.7 Å². The van der Waals surface area contributed by atoms with Crippen LogP contribution in [0, 0.1) is 5.92 Å². The fraction of sp³-hybridized carbons (Fsp3) is 0.500. The van der Waals surface area contributed by atoms with Crippen molar-refractivity contribution in [1.29, 1.82) is 0 Å². The second-order valence-corrected chi connectivity index (χ2v) is 14.8. The van der Waals surface area contributed by atoms with E-state index in [4.69, 9.17) is 19.2 Å². The van der Waals surface area contributed by atoms with Gasteiger partial charge >= 0.3 is 12.1 Å². The molecule has 3 aromatic heterocycles. The molecule has 0 aromatic carbocycles. The molecule has 2 aliphatic heterocycles. The molecule has 5 atom stereocenters. The van der Waals surface area contributed by atoms with E-state index in [9.17, 15) is 19.2 Å². The first-order valence-electron chi connectivity index (χ1n) is 16.8. The lowest BCUT2D eigenvalue weighted by molar-refractivity contribution is -0.148. The Hall–Kier alpha value is -4.52. The lowest BCUT2D eigenvalue weighted by Crippen LogP contribution is -2.56. The highest BCUT2D eigenvalue weighted by Crippen LogP contribution is 2.46. The first-order valence-corrected chi connectivity index (χ1v) is 17.7. The summed E-state index contributed by atoms with van der Waals surface area (Å²) >= 11 is 1.49. The summed E-state index contributed by atoms with van der Waals surface area (Å²) in [7, 11) is 1.30. The minimum atomic E-state index is -1.20. The van der Waals surface area contributed by atoms with Crippen molar-refractivity contribution in [3.63, 3.8) is 0 Å². The first-order chi connectivity index (χ1) is 23.5. The van der Waals surface area contributed by atoms with Crippen LogP contribution in [0.5, 0.6) is 5.75 Å². The van der Waals surface area contributed by atoms with E-state index in [2.05, 4.69) is 15.6 Å². The Labute approximate surface area is 289 Å². The molecule has 260 valence electrons. The molecular weight excluding hydrogens is 646 g/mol. The van der Waals surface area contributed by atoms with Gasteiger partial charge in [-0.05, 0) is 70.0 Å². The summed E-state index contributed by atoms with van der Waals surface area (Å²) in [4.78, 5) is 65.2. The number of fused-ring (bicyclic) bond motifs is 3. The summed E-state index contributed by atoms with van der Waals surface area (Å²) < 4.78 is 18.1. The quantitative estimate of drug-likeness (QED) is 0.273. The summed E-state index contributed by atoms with van der Waals surface area (Å²) in [6.45, 7) is 5.36. The minimum absolute atomic E-state index is 0.0894. The van der Waals surface area contributed by atoms with Gasteiger partial charge in [0.2, 0.25) is 11.8 Å². The third kappa shape index (κ3) is 7.71. The number of hydrogen-bond donors (Lipinski definition) is 2. The van der Waals surface area contributed by atoms with E-state index >= 15 is 0 Å². The number of esters is 1. The monoisotopic (exact) mass is 689 g/mol. The van der Waals surface area contributed by atoms with Crippen LogP contribution in [0.25, 0.3) is 21.6 Å². The average Bonchev–Trinajstić information content (AvgIpc) is 3.36. The average molecular weight is 690 g/mol. The molecule has 3 amide bonds. The molecule has 0 radical (unpaired) electrons. The van der Waals surface area contributed by atoms with E-state index in [0.29, 0.717) is 36.4 Å². The minimum Gasteiger partial charge on any atom is -0.487 e. The number of thiophene rings is 1. The number of nitrogens with zero attached hydrogens (tertiary/aromatic N) is 3. The van der Waals surface area contributed by atoms with Crippen molar-refractivity contribution < 1.29 is 33.4 Å². The Morgan fingerprint density at radius 2 is 1.96 bits per heavy atom. The van der Waals surface area contributed by atoms with Crippen LogP contribution in [-0.2, 0) is 23.9 Å². The Bertz CT molecular complexity index is 1740. The summed E-state index contributed by atoms with van der Waals surface area (Å²) in [5, 5.41) is 7.68. The highest BCUT2D eigenvalue weighted by molar-refractivity contribution is 7.17. The van der Waals surface area contributed by atoms with Crippen molar-refractivity contribution in [1.82, 2.24) is 25.5 Å². The molecule has 6 rings (SSSR count). The van der Waals surface area contributed by atoms with Gasteiger partial charge in [-0.25, -0.2) is 14.6 Å². The van der Waals surface area contributed by atoms with Crippen LogP contribution in [0.3, 0.4) is 0 Å². The van der Waals surface area contributed by atoms with Crippen LogP contribution in [0.15, 0.2) is 54.1 Å². The van der Waals surface area contributed by atoms with Gasteiger partial charge in [-0.1, -0.05) is 31.1 Å². The molecule has 49 heavy (non-hydrogen) atoms. The van der Waals surface area contributed by atoms with Crippen molar-refractivity contribution in [2.24, 2.45) is 5.92 Å². The fourth-order valence-electron chi connectivity index (χ4n) is 6.60. The third-order valence-corrected chi connectivity index (χ3v) is 10.00. The summed E-state index contributed by atoms with van der Waals surface area (Å²) in [5.41, 5.74) is 0.113. The Kier molecular flexibility index (Phi) is 9.91. The number of carbonyl (C=O) groups is 4. The second-order valence-electron chi connectivity index (χ2n) is 13.9. The predicted molar refractivity (Wildman–Crippen MR) is 184 cm³/mol. The van der Waals surface area contributed by atoms with Crippen molar-refractivity contribution in [3.05, 3.63) is 54.1 Å². The molecule has 1 saturated carbocycles. The Balaban J connectivity index is 1.32. The Morgan fingerprint density at radius 1 is 1.12 bits per heavy atom. The molecule has 1 aliphatic carbocycles. The van der Waals surface area contributed by atoms with Crippen LogP contribution in [0.1, 0.15) is 65.7 Å². The lowest BCUT2D eigenvalue weighted by Gasteiger charge is -2.30. The van der Waals surface area contributed by atoms with E-state index in [1.807, 2.05) is 47.9 Å². The molecule has 2 N–H and O–H groups in total.